The van der Waals surface area contributed by atoms with Gasteiger partial charge in [-0.3, -0.25) is 9.48 Å². The molecule has 0 unspecified atom stereocenters. The summed E-state index contributed by atoms with van der Waals surface area (Å²) in [7, 11) is 1.41. The Morgan fingerprint density at radius 1 is 1.52 bits per heavy atom. The normalized spacial score (nSPS) is 12.0. The van der Waals surface area contributed by atoms with Crippen molar-refractivity contribution in [3.05, 3.63) is 42.2 Å². The molecule has 21 heavy (non-hydrogen) atoms. The predicted molar refractivity (Wildman–Crippen MR) is 74.1 cm³/mol. The third kappa shape index (κ3) is 4.01. The number of benzene rings is 1. The summed E-state index contributed by atoms with van der Waals surface area (Å²) >= 11 is 0. The minimum absolute atomic E-state index is 0.130. The maximum atomic E-state index is 13.6. The number of hydrogen-bond acceptors (Lipinski definition) is 4. The van der Waals surface area contributed by atoms with Gasteiger partial charge >= 0.3 is 0 Å². The Balaban J connectivity index is 1.89. The molecule has 0 spiro atoms. The van der Waals surface area contributed by atoms with Crippen LogP contribution in [0.15, 0.2) is 30.9 Å². The number of hydrogen-bond donors (Lipinski definition) is 1. The van der Waals surface area contributed by atoms with E-state index in [1.165, 1.54) is 19.5 Å². The first-order valence-electron chi connectivity index (χ1n) is 6.55. The van der Waals surface area contributed by atoms with Crippen LogP contribution in [0, 0.1) is 5.82 Å². The number of aromatic nitrogens is 3. The number of methoxy groups -OCH3 is 1. The highest BCUT2D eigenvalue weighted by atomic mass is 19.1. The maximum absolute atomic E-state index is 13.6. The molecule has 112 valence electrons. The summed E-state index contributed by atoms with van der Waals surface area (Å²) in [5.74, 6) is -0.392. The van der Waals surface area contributed by atoms with Gasteiger partial charge in [-0.1, -0.05) is 6.07 Å². The van der Waals surface area contributed by atoms with Crippen LogP contribution in [-0.4, -0.2) is 27.8 Å². The summed E-state index contributed by atoms with van der Waals surface area (Å²) in [6.45, 7) is 2.25. The minimum Gasteiger partial charge on any atom is -0.494 e. The number of nitrogens with zero attached hydrogens (tertiary/aromatic N) is 3. The molecule has 2 rings (SSSR count). The van der Waals surface area contributed by atoms with Crippen molar-refractivity contribution in [2.75, 3.05) is 7.11 Å². The van der Waals surface area contributed by atoms with Gasteiger partial charge in [0.05, 0.1) is 19.7 Å². The lowest BCUT2D eigenvalue weighted by molar-refractivity contribution is -0.122. The average Bonchev–Trinajstić information content (AvgIpc) is 2.98. The molecule has 0 aliphatic rings. The fraction of sp³-hybridized carbons (Fsp3) is 0.357. The molecule has 0 aliphatic carbocycles. The van der Waals surface area contributed by atoms with Crippen LogP contribution < -0.4 is 10.1 Å². The van der Waals surface area contributed by atoms with Crippen molar-refractivity contribution in [2.45, 2.75) is 25.9 Å². The third-order valence-electron chi connectivity index (χ3n) is 3.09. The number of nitrogens with one attached hydrogen (secondary N) is 1. The van der Waals surface area contributed by atoms with E-state index in [1.807, 2.05) is 0 Å². The van der Waals surface area contributed by atoms with Gasteiger partial charge in [0, 0.05) is 6.42 Å². The first-order valence-corrected chi connectivity index (χ1v) is 6.55. The molecule has 1 amide bonds. The van der Waals surface area contributed by atoms with Gasteiger partial charge in [0.1, 0.15) is 12.7 Å². The van der Waals surface area contributed by atoms with Crippen molar-refractivity contribution in [3.8, 4) is 5.75 Å². The van der Waals surface area contributed by atoms with Crippen molar-refractivity contribution in [2.24, 2.45) is 0 Å². The summed E-state index contributed by atoms with van der Waals surface area (Å²) in [5, 5.41) is 6.73. The van der Waals surface area contributed by atoms with Gasteiger partial charge in [-0.15, -0.1) is 0 Å². The highest BCUT2D eigenvalue weighted by molar-refractivity contribution is 5.76. The van der Waals surface area contributed by atoms with E-state index in [0.717, 1.165) is 0 Å². The van der Waals surface area contributed by atoms with Crippen molar-refractivity contribution < 1.29 is 13.9 Å². The molecule has 7 heteroatoms. The molecule has 2 aromatic rings. The van der Waals surface area contributed by atoms with Gasteiger partial charge in [0.2, 0.25) is 5.91 Å². The van der Waals surface area contributed by atoms with Gasteiger partial charge in [-0.2, -0.15) is 5.10 Å². The van der Waals surface area contributed by atoms with Gasteiger partial charge in [-0.25, -0.2) is 9.37 Å². The summed E-state index contributed by atoms with van der Waals surface area (Å²) in [4.78, 5) is 15.6. The topological polar surface area (TPSA) is 69.0 Å². The van der Waals surface area contributed by atoms with Crippen molar-refractivity contribution >= 4 is 5.91 Å². The average molecular weight is 292 g/mol. The van der Waals surface area contributed by atoms with Crippen LogP contribution in [0.25, 0.3) is 0 Å². The molecule has 1 atom stereocenters. The fourth-order valence-electron chi connectivity index (χ4n) is 1.91. The van der Waals surface area contributed by atoms with E-state index in [9.17, 15) is 9.18 Å². The summed E-state index contributed by atoms with van der Waals surface area (Å²) in [6.07, 6.45) is 3.25. The molecule has 0 saturated carbocycles. The van der Waals surface area contributed by atoms with Crippen molar-refractivity contribution in [1.82, 2.24) is 20.1 Å². The second kappa shape index (κ2) is 6.83. The molecule has 1 N–H and O–H groups in total. The van der Waals surface area contributed by atoms with Crippen LogP contribution in [0.4, 0.5) is 4.39 Å². The largest absolute Gasteiger partial charge is 0.494 e. The Kier molecular flexibility index (Phi) is 4.86. The second-order valence-corrected chi connectivity index (χ2v) is 4.59. The standard InChI is InChI=1S/C14H17FN4O2/c1-10(11-3-4-13(21-2)12(15)7-11)18-14(20)5-6-19-9-16-8-17-19/h3-4,7-10H,5-6H2,1-2H3,(H,18,20)/t10-/m1/s1. The fourth-order valence-corrected chi connectivity index (χ4v) is 1.91. The van der Waals surface area contributed by atoms with Crippen LogP contribution in [0.5, 0.6) is 5.75 Å². The van der Waals surface area contributed by atoms with Crippen LogP contribution >= 0.6 is 0 Å². The van der Waals surface area contributed by atoms with E-state index in [-0.39, 0.29) is 24.1 Å². The first kappa shape index (κ1) is 15.0. The lowest BCUT2D eigenvalue weighted by Gasteiger charge is -2.15. The zero-order chi connectivity index (χ0) is 15.2. The third-order valence-corrected chi connectivity index (χ3v) is 3.09. The molecule has 0 aliphatic heterocycles. The SMILES string of the molecule is COc1ccc([C@@H](C)NC(=O)CCn2cncn2)cc1F. The van der Waals surface area contributed by atoms with Crippen LogP contribution in [0.1, 0.15) is 24.9 Å². The molecular weight excluding hydrogens is 275 g/mol. The molecule has 1 aromatic heterocycles. The number of aryl methyl sites for hydroxylation is 1. The van der Waals surface area contributed by atoms with Crippen molar-refractivity contribution in [3.63, 3.8) is 0 Å². The molecule has 1 aromatic carbocycles. The monoisotopic (exact) mass is 292 g/mol. The second-order valence-electron chi connectivity index (χ2n) is 4.59. The number of amides is 1. The van der Waals surface area contributed by atoms with Gasteiger partial charge in [0.25, 0.3) is 0 Å². The molecule has 6 nitrogen and oxygen atoms in total. The van der Waals surface area contributed by atoms with E-state index >= 15 is 0 Å². The smallest absolute Gasteiger partial charge is 0.222 e. The summed E-state index contributed by atoms with van der Waals surface area (Å²) in [6, 6.07) is 4.35. The highest BCUT2D eigenvalue weighted by Gasteiger charge is 2.12. The van der Waals surface area contributed by atoms with E-state index in [1.54, 1.807) is 30.1 Å². The van der Waals surface area contributed by atoms with E-state index in [0.29, 0.717) is 12.1 Å². The molecular formula is C14H17FN4O2. The van der Waals surface area contributed by atoms with Gasteiger partial charge < -0.3 is 10.1 Å². The van der Waals surface area contributed by atoms with E-state index in [4.69, 9.17) is 4.74 Å². The zero-order valence-corrected chi connectivity index (χ0v) is 11.9. The lowest BCUT2D eigenvalue weighted by atomic mass is 10.1. The van der Waals surface area contributed by atoms with E-state index < -0.39 is 5.82 Å². The number of rotatable bonds is 6. The highest BCUT2D eigenvalue weighted by Crippen LogP contribution is 2.21. The molecule has 0 fully saturated rings. The Bertz CT molecular complexity index is 601. The summed E-state index contributed by atoms with van der Waals surface area (Å²) < 4.78 is 20.1. The first-order chi connectivity index (χ1) is 10.1. The minimum atomic E-state index is -0.446. The maximum Gasteiger partial charge on any atom is 0.222 e. The number of carbonyl (C=O) groups excluding carboxylic acids is 1. The van der Waals surface area contributed by atoms with E-state index in [2.05, 4.69) is 15.4 Å². The predicted octanol–water partition coefficient (Wildman–Crippen LogP) is 1.69. The Morgan fingerprint density at radius 2 is 2.33 bits per heavy atom. The zero-order valence-electron chi connectivity index (χ0n) is 11.9. The van der Waals surface area contributed by atoms with Crippen LogP contribution in [-0.2, 0) is 11.3 Å². The number of carbonyl (C=O) groups is 1. The van der Waals surface area contributed by atoms with Crippen LogP contribution in [0.2, 0.25) is 0 Å². The van der Waals surface area contributed by atoms with Gasteiger partial charge in [-0.05, 0) is 24.6 Å². The lowest BCUT2D eigenvalue weighted by Crippen LogP contribution is -2.27. The molecule has 0 radical (unpaired) electrons. The number of ether oxygens (including phenoxy) is 1. The quantitative estimate of drug-likeness (QED) is 0.879. The summed E-state index contributed by atoms with van der Waals surface area (Å²) in [5.41, 5.74) is 0.683. The van der Waals surface area contributed by atoms with Crippen molar-refractivity contribution in [1.29, 1.82) is 0 Å². The Labute approximate surface area is 121 Å². The molecule has 1 heterocycles. The molecule has 0 saturated heterocycles. The Morgan fingerprint density at radius 3 is 2.95 bits per heavy atom. The van der Waals surface area contributed by atoms with Gasteiger partial charge in [0.15, 0.2) is 11.6 Å². The Hall–Kier alpha value is -2.44. The molecule has 0 bridgehead atoms. The van der Waals surface area contributed by atoms with Crippen LogP contribution in [0.3, 0.4) is 0 Å². The number of halogens is 1.